The van der Waals surface area contributed by atoms with Gasteiger partial charge in [-0.05, 0) is 18.9 Å². The number of ether oxygens (including phenoxy) is 2. The fourth-order valence-corrected chi connectivity index (χ4v) is 4.55. The molecule has 0 saturated heterocycles. The van der Waals surface area contributed by atoms with Crippen LogP contribution in [-0.2, 0) is 22.4 Å². The van der Waals surface area contributed by atoms with Crippen molar-refractivity contribution in [2.75, 3.05) is 25.6 Å². The number of thiophene rings is 1. The number of anilines is 1. The van der Waals surface area contributed by atoms with Gasteiger partial charge in [-0.15, -0.1) is 11.3 Å². The molecule has 1 aromatic heterocycles. The predicted octanol–water partition coefficient (Wildman–Crippen LogP) is 3.12. The van der Waals surface area contributed by atoms with Crippen molar-refractivity contribution in [3.63, 3.8) is 0 Å². The lowest BCUT2D eigenvalue weighted by molar-refractivity contribution is -0.394. The summed E-state index contributed by atoms with van der Waals surface area (Å²) in [4.78, 5) is 60.0. The van der Waals surface area contributed by atoms with Crippen LogP contribution in [0.2, 0.25) is 0 Å². The zero-order valence-corrected chi connectivity index (χ0v) is 18.3. The van der Waals surface area contributed by atoms with Crippen molar-refractivity contribution in [1.29, 1.82) is 0 Å². The number of nitro groups is 2. The van der Waals surface area contributed by atoms with Crippen LogP contribution >= 0.6 is 11.3 Å². The zero-order chi connectivity index (χ0) is 24.3. The number of carbonyl (C=O) groups is 3. The summed E-state index contributed by atoms with van der Waals surface area (Å²) in [6, 6.07) is 2.55. The number of rotatable bonds is 6. The van der Waals surface area contributed by atoms with Gasteiger partial charge in [0, 0.05) is 23.6 Å². The fraction of sp³-hybridized carbons (Fsp3) is 0.316. The monoisotopic (exact) mass is 478 g/mol. The number of non-ortho nitro benzene ring substituents is 2. The third-order valence-corrected chi connectivity index (χ3v) is 5.91. The van der Waals surface area contributed by atoms with Gasteiger partial charge in [-0.1, -0.05) is 0 Å². The first-order valence-electron chi connectivity index (χ1n) is 9.56. The first-order chi connectivity index (χ1) is 15.7. The van der Waals surface area contributed by atoms with E-state index < -0.39 is 39.2 Å². The molecule has 13 nitrogen and oxygen atoms in total. The van der Waals surface area contributed by atoms with Gasteiger partial charge in [0.05, 0.1) is 47.3 Å². The van der Waals surface area contributed by atoms with E-state index in [1.54, 1.807) is 6.92 Å². The highest BCUT2D eigenvalue weighted by Gasteiger charge is 2.32. The Hall–Kier alpha value is -4.07. The molecule has 1 aromatic carbocycles. The second kappa shape index (κ2) is 9.60. The summed E-state index contributed by atoms with van der Waals surface area (Å²) in [5.74, 6) is -1.56. The maximum atomic E-state index is 12.8. The normalized spacial score (nSPS) is 12.5. The third-order valence-electron chi connectivity index (χ3n) is 4.78. The number of nitrogens with zero attached hydrogens (tertiary/aromatic N) is 3. The van der Waals surface area contributed by atoms with Crippen molar-refractivity contribution in [3.8, 4) is 0 Å². The lowest BCUT2D eigenvalue weighted by atomic mass is 10.0. The third kappa shape index (κ3) is 4.90. The van der Waals surface area contributed by atoms with E-state index in [4.69, 9.17) is 9.47 Å². The van der Waals surface area contributed by atoms with Gasteiger partial charge in [-0.3, -0.25) is 25.0 Å². The summed E-state index contributed by atoms with van der Waals surface area (Å²) >= 11 is 1.04. The van der Waals surface area contributed by atoms with Gasteiger partial charge in [0.1, 0.15) is 5.00 Å². The highest BCUT2D eigenvalue weighted by atomic mass is 32.1. The van der Waals surface area contributed by atoms with E-state index in [2.05, 4.69) is 5.32 Å². The first kappa shape index (κ1) is 23.6. The molecule has 0 saturated carbocycles. The van der Waals surface area contributed by atoms with Crippen LogP contribution < -0.4 is 5.32 Å². The molecular formula is C19H18N4O9S. The number of benzene rings is 1. The quantitative estimate of drug-likeness (QED) is 0.372. The Morgan fingerprint density at radius 3 is 2.33 bits per heavy atom. The average Bonchev–Trinajstić information content (AvgIpc) is 3.15. The number of esters is 1. The Kier molecular flexibility index (Phi) is 6.86. The summed E-state index contributed by atoms with van der Waals surface area (Å²) in [7, 11) is 1.25. The average molecular weight is 478 g/mol. The molecule has 3 rings (SSSR count). The maximum Gasteiger partial charge on any atom is 0.409 e. The highest BCUT2D eigenvalue weighted by Crippen LogP contribution is 2.38. The number of amides is 2. The Morgan fingerprint density at radius 2 is 1.79 bits per heavy atom. The van der Waals surface area contributed by atoms with Crippen LogP contribution in [-0.4, -0.2) is 53.0 Å². The van der Waals surface area contributed by atoms with E-state index in [1.165, 1.54) is 12.0 Å². The van der Waals surface area contributed by atoms with Crippen molar-refractivity contribution in [2.24, 2.45) is 0 Å². The molecule has 174 valence electrons. The van der Waals surface area contributed by atoms with Crippen molar-refractivity contribution >= 4 is 45.7 Å². The number of nitrogens with one attached hydrogen (secondary N) is 1. The maximum absolute atomic E-state index is 12.8. The summed E-state index contributed by atoms with van der Waals surface area (Å²) in [6.07, 6.45) is -0.228. The highest BCUT2D eigenvalue weighted by molar-refractivity contribution is 7.17. The SMILES string of the molecule is CCOC(=O)c1c(NC(=O)c2cc([N+](=O)[O-])cc([N+](=O)[O-])c2)sc2c1CCN(C(=O)OC)C2. The van der Waals surface area contributed by atoms with Crippen LogP contribution in [0.1, 0.15) is 38.1 Å². The molecule has 1 N–H and O–H groups in total. The molecule has 33 heavy (non-hydrogen) atoms. The molecule has 0 spiro atoms. The Bertz CT molecular complexity index is 1130. The minimum Gasteiger partial charge on any atom is -0.462 e. The van der Waals surface area contributed by atoms with Crippen LogP contribution in [0.5, 0.6) is 0 Å². The van der Waals surface area contributed by atoms with E-state index in [0.29, 0.717) is 16.9 Å². The lowest BCUT2D eigenvalue weighted by Crippen LogP contribution is -2.35. The smallest absolute Gasteiger partial charge is 0.409 e. The van der Waals surface area contributed by atoms with E-state index in [1.807, 2.05) is 0 Å². The van der Waals surface area contributed by atoms with Gasteiger partial charge < -0.3 is 19.7 Å². The topological polar surface area (TPSA) is 171 Å². The molecule has 2 heterocycles. The molecule has 0 aliphatic carbocycles. The van der Waals surface area contributed by atoms with Crippen molar-refractivity contribution < 1.29 is 33.7 Å². The van der Waals surface area contributed by atoms with Gasteiger partial charge >= 0.3 is 12.1 Å². The van der Waals surface area contributed by atoms with E-state index in [9.17, 15) is 34.6 Å². The lowest BCUT2D eigenvalue weighted by Gasteiger charge is -2.25. The molecule has 2 amide bonds. The minimum atomic E-state index is -0.879. The molecule has 1 aliphatic heterocycles. The van der Waals surface area contributed by atoms with Gasteiger partial charge in [0.15, 0.2) is 0 Å². The Morgan fingerprint density at radius 1 is 1.15 bits per heavy atom. The summed E-state index contributed by atoms with van der Waals surface area (Å²) in [5, 5.41) is 24.9. The van der Waals surface area contributed by atoms with Gasteiger partial charge in [0.25, 0.3) is 17.3 Å². The second-order valence-electron chi connectivity index (χ2n) is 6.78. The Balaban J connectivity index is 2.00. The fourth-order valence-electron chi connectivity index (χ4n) is 3.31. The summed E-state index contributed by atoms with van der Waals surface area (Å²) in [5.41, 5.74) is -0.847. The molecular weight excluding hydrogens is 460 g/mol. The zero-order valence-electron chi connectivity index (χ0n) is 17.5. The number of methoxy groups -OCH3 is 1. The van der Waals surface area contributed by atoms with Crippen LogP contribution in [0, 0.1) is 20.2 Å². The molecule has 0 radical (unpaired) electrons. The second-order valence-corrected chi connectivity index (χ2v) is 7.88. The number of carbonyl (C=O) groups excluding carboxylic acids is 3. The van der Waals surface area contributed by atoms with Crippen LogP contribution in [0.15, 0.2) is 18.2 Å². The van der Waals surface area contributed by atoms with Crippen LogP contribution in [0.4, 0.5) is 21.2 Å². The van der Waals surface area contributed by atoms with Gasteiger partial charge in [-0.2, -0.15) is 0 Å². The molecule has 0 bridgehead atoms. The molecule has 0 atom stereocenters. The van der Waals surface area contributed by atoms with Gasteiger partial charge in [0.2, 0.25) is 0 Å². The molecule has 0 fully saturated rings. The summed E-state index contributed by atoms with van der Waals surface area (Å²) < 4.78 is 9.84. The predicted molar refractivity (Wildman–Crippen MR) is 114 cm³/mol. The Labute approximate surface area is 190 Å². The first-order valence-corrected chi connectivity index (χ1v) is 10.4. The van der Waals surface area contributed by atoms with E-state index in [0.717, 1.165) is 29.5 Å². The molecule has 0 unspecified atom stereocenters. The number of fused-ring (bicyclic) bond motifs is 1. The molecule has 1 aliphatic rings. The van der Waals surface area contributed by atoms with Crippen LogP contribution in [0.3, 0.4) is 0 Å². The summed E-state index contributed by atoms with van der Waals surface area (Å²) in [6.45, 7) is 2.14. The number of hydrogen-bond acceptors (Lipinski definition) is 10. The number of nitro benzene ring substituents is 2. The molecule has 2 aromatic rings. The van der Waals surface area contributed by atoms with Crippen molar-refractivity contribution in [1.82, 2.24) is 4.90 Å². The van der Waals surface area contributed by atoms with Crippen LogP contribution in [0.25, 0.3) is 0 Å². The standard InChI is InChI=1S/C19H18N4O9S/c1-3-32-18(25)15-13-4-5-21(19(26)31-2)9-14(13)33-17(15)20-16(24)10-6-11(22(27)28)8-12(7-10)23(29)30/h6-8H,3-5,9H2,1-2H3,(H,20,24). The van der Waals surface area contributed by atoms with Crippen molar-refractivity contribution in [2.45, 2.75) is 19.9 Å². The van der Waals surface area contributed by atoms with E-state index >= 15 is 0 Å². The largest absolute Gasteiger partial charge is 0.462 e. The molecule has 14 heteroatoms. The van der Waals surface area contributed by atoms with Crippen molar-refractivity contribution in [3.05, 3.63) is 60.0 Å². The van der Waals surface area contributed by atoms with Gasteiger partial charge in [-0.25, -0.2) is 9.59 Å². The minimum absolute atomic E-state index is 0.0855. The number of hydrogen-bond donors (Lipinski definition) is 1. The van der Waals surface area contributed by atoms with E-state index in [-0.39, 0.29) is 35.8 Å².